The molecule has 0 unspecified atom stereocenters. The number of rotatable bonds is 8. The van der Waals surface area contributed by atoms with E-state index in [1.165, 1.54) is 46.3 Å². The highest BCUT2D eigenvalue weighted by atomic mass is 16.6. The van der Waals surface area contributed by atoms with Crippen LogP contribution in [0, 0.1) is 0 Å². The Labute approximate surface area is 272 Å². The Kier molecular flexibility index (Phi) is 10.3. The third-order valence-corrected chi connectivity index (χ3v) is 7.65. The number of nitrogens with one attached hydrogen (secondary N) is 1. The summed E-state index contributed by atoms with van der Waals surface area (Å²) in [5, 5.41) is 4.09. The minimum Gasteiger partial charge on any atom is -0.496 e. The fourth-order valence-corrected chi connectivity index (χ4v) is 5.06. The highest BCUT2D eigenvalue weighted by Gasteiger charge is 2.37. The summed E-state index contributed by atoms with van der Waals surface area (Å²) < 4.78 is 26.9. The molecule has 1 aliphatic heterocycles. The van der Waals surface area contributed by atoms with E-state index in [9.17, 15) is 24.0 Å². The van der Waals surface area contributed by atoms with E-state index in [4.69, 9.17) is 23.7 Å². The van der Waals surface area contributed by atoms with Gasteiger partial charge < -0.3 is 33.9 Å². The molecule has 2 atom stereocenters. The first kappa shape index (κ1) is 34.5. The fourth-order valence-electron chi connectivity index (χ4n) is 5.06. The van der Waals surface area contributed by atoms with E-state index in [1.54, 1.807) is 63.2 Å². The number of methoxy groups -OCH3 is 3. The summed E-state index contributed by atoms with van der Waals surface area (Å²) in [6, 6.07) is 11.0. The van der Waals surface area contributed by atoms with Crippen LogP contribution in [-0.2, 0) is 30.3 Å². The van der Waals surface area contributed by atoms with Crippen molar-refractivity contribution in [2.24, 2.45) is 0 Å². The molecular formula is C34H39N3O10. The summed E-state index contributed by atoms with van der Waals surface area (Å²) >= 11 is 0. The number of benzene rings is 3. The van der Waals surface area contributed by atoms with Gasteiger partial charge in [0, 0.05) is 12.6 Å². The van der Waals surface area contributed by atoms with Gasteiger partial charge in [-0.3, -0.25) is 14.5 Å². The molecule has 0 saturated heterocycles. The molecule has 3 amide bonds. The number of hydrogen-bond donors (Lipinski definition) is 1. The molecule has 3 aromatic carbocycles. The second-order valence-corrected chi connectivity index (χ2v) is 11.9. The summed E-state index contributed by atoms with van der Waals surface area (Å²) in [5.74, 6) is -1.80. The molecule has 0 bridgehead atoms. The van der Waals surface area contributed by atoms with Gasteiger partial charge in [0.1, 0.15) is 35.6 Å². The zero-order chi connectivity index (χ0) is 34.6. The van der Waals surface area contributed by atoms with Crippen molar-refractivity contribution in [2.75, 3.05) is 39.9 Å². The predicted octanol–water partition coefficient (Wildman–Crippen LogP) is 4.09. The van der Waals surface area contributed by atoms with E-state index >= 15 is 0 Å². The van der Waals surface area contributed by atoms with Crippen molar-refractivity contribution in [3.8, 4) is 11.5 Å². The number of hydrogen-bond acceptors (Lipinski definition) is 10. The van der Waals surface area contributed by atoms with Gasteiger partial charge in [-0.15, -0.1) is 0 Å². The van der Waals surface area contributed by atoms with E-state index in [0.29, 0.717) is 27.6 Å². The van der Waals surface area contributed by atoms with Gasteiger partial charge in [0.05, 0.1) is 39.1 Å². The average molecular weight is 650 g/mol. The van der Waals surface area contributed by atoms with Crippen molar-refractivity contribution in [1.29, 1.82) is 0 Å². The summed E-state index contributed by atoms with van der Waals surface area (Å²) in [6.45, 7) is 6.25. The third-order valence-electron chi connectivity index (χ3n) is 7.65. The predicted molar refractivity (Wildman–Crippen MR) is 172 cm³/mol. The number of nitrogens with zero attached hydrogens (tertiary/aromatic N) is 2. The Hall–Kier alpha value is -5.33. The van der Waals surface area contributed by atoms with Gasteiger partial charge in [-0.2, -0.15) is 0 Å². The number of fused-ring (bicyclic) bond motifs is 2. The van der Waals surface area contributed by atoms with Gasteiger partial charge >= 0.3 is 18.0 Å². The maximum absolute atomic E-state index is 14.3. The largest absolute Gasteiger partial charge is 0.496 e. The maximum Gasteiger partial charge on any atom is 0.410 e. The molecule has 1 aliphatic rings. The number of anilines is 1. The van der Waals surface area contributed by atoms with Crippen LogP contribution in [0.5, 0.6) is 11.5 Å². The van der Waals surface area contributed by atoms with Crippen molar-refractivity contribution < 1.29 is 47.7 Å². The molecule has 0 saturated carbocycles. The Morgan fingerprint density at radius 2 is 1.72 bits per heavy atom. The van der Waals surface area contributed by atoms with Gasteiger partial charge in [0.25, 0.3) is 5.91 Å². The number of likely N-dealkylation sites (N-methyl/N-ethyl adjacent to an activating group) is 1. The molecule has 250 valence electrons. The van der Waals surface area contributed by atoms with Crippen molar-refractivity contribution in [2.45, 2.75) is 51.9 Å². The standard InChI is InChI=1S/C34H39N3O10/c1-19(36(5)33(42)47-34(2,3)4)29(38)35-25-18-46-28-23(32(41)45-8)10-9-11-26(28)37(30(25)39)17-24-22-14-12-21(31(40)44-7)16-20(22)13-15-27(24)43-6/h9-16,19,25H,17-18H2,1-8H3,(H,35,38)/t19-,25-/m0/s1. The average Bonchev–Trinajstić information content (AvgIpc) is 3.18. The van der Waals surface area contributed by atoms with Crippen LogP contribution < -0.4 is 19.7 Å². The second-order valence-electron chi connectivity index (χ2n) is 11.9. The first-order chi connectivity index (χ1) is 22.2. The molecular weight excluding hydrogens is 610 g/mol. The molecule has 47 heavy (non-hydrogen) atoms. The first-order valence-corrected chi connectivity index (χ1v) is 14.8. The summed E-state index contributed by atoms with van der Waals surface area (Å²) in [7, 11) is 5.45. The Balaban J connectivity index is 1.76. The number of carbonyl (C=O) groups is 5. The number of carbonyl (C=O) groups excluding carboxylic acids is 5. The summed E-state index contributed by atoms with van der Waals surface area (Å²) in [5.41, 5.74) is 0.505. The van der Waals surface area contributed by atoms with Crippen LogP contribution >= 0.6 is 0 Å². The number of ether oxygens (including phenoxy) is 5. The van der Waals surface area contributed by atoms with Crippen LogP contribution in [0.3, 0.4) is 0 Å². The molecule has 0 aliphatic carbocycles. The number of amides is 3. The lowest BCUT2D eigenvalue weighted by atomic mass is 10.00. The molecule has 13 nitrogen and oxygen atoms in total. The summed E-state index contributed by atoms with van der Waals surface area (Å²) in [4.78, 5) is 67.9. The zero-order valence-corrected chi connectivity index (χ0v) is 27.7. The van der Waals surface area contributed by atoms with E-state index in [0.717, 1.165) is 4.90 Å². The van der Waals surface area contributed by atoms with Gasteiger partial charge in [-0.25, -0.2) is 14.4 Å². The van der Waals surface area contributed by atoms with Gasteiger partial charge in [0.15, 0.2) is 5.75 Å². The lowest BCUT2D eigenvalue weighted by molar-refractivity contribution is -0.130. The number of para-hydroxylation sites is 1. The Morgan fingerprint density at radius 1 is 1.02 bits per heavy atom. The van der Waals surface area contributed by atoms with Crippen LogP contribution in [0.15, 0.2) is 48.5 Å². The van der Waals surface area contributed by atoms with Crippen LogP contribution in [-0.4, -0.2) is 87.4 Å². The molecule has 0 fully saturated rings. The minimum atomic E-state index is -1.22. The zero-order valence-electron chi connectivity index (χ0n) is 27.7. The minimum absolute atomic E-state index is 0.0718. The molecule has 3 aromatic rings. The quantitative estimate of drug-likeness (QED) is 0.279. The van der Waals surface area contributed by atoms with E-state index in [-0.39, 0.29) is 30.2 Å². The van der Waals surface area contributed by atoms with Crippen LogP contribution in [0.2, 0.25) is 0 Å². The maximum atomic E-state index is 14.3. The van der Waals surface area contributed by atoms with Crippen molar-refractivity contribution >= 4 is 46.3 Å². The normalized spacial score (nSPS) is 15.0. The van der Waals surface area contributed by atoms with Gasteiger partial charge in [0.2, 0.25) is 5.91 Å². The third kappa shape index (κ3) is 7.40. The second kappa shape index (κ2) is 14.0. The smallest absolute Gasteiger partial charge is 0.410 e. The monoisotopic (exact) mass is 649 g/mol. The van der Waals surface area contributed by atoms with Crippen LogP contribution in [0.1, 0.15) is 54.0 Å². The molecule has 13 heteroatoms. The highest BCUT2D eigenvalue weighted by molar-refractivity contribution is 6.05. The van der Waals surface area contributed by atoms with Crippen LogP contribution in [0.4, 0.5) is 10.5 Å². The summed E-state index contributed by atoms with van der Waals surface area (Å²) in [6.07, 6.45) is -0.709. The fraction of sp³-hybridized carbons (Fsp3) is 0.382. The molecule has 1 N–H and O–H groups in total. The highest BCUT2D eigenvalue weighted by Crippen LogP contribution is 2.38. The Morgan fingerprint density at radius 3 is 2.36 bits per heavy atom. The lowest BCUT2D eigenvalue weighted by Crippen LogP contribution is -2.55. The molecule has 0 radical (unpaired) electrons. The van der Waals surface area contributed by atoms with Crippen molar-refractivity contribution in [1.82, 2.24) is 10.2 Å². The van der Waals surface area contributed by atoms with Gasteiger partial charge in [-0.05, 0) is 68.8 Å². The van der Waals surface area contributed by atoms with Crippen molar-refractivity contribution in [3.63, 3.8) is 0 Å². The molecule has 4 rings (SSSR count). The van der Waals surface area contributed by atoms with Gasteiger partial charge in [-0.1, -0.05) is 18.2 Å². The molecule has 0 spiro atoms. The molecule has 0 aromatic heterocycles. The van der Waals surface area contributed by atoms with Crippen molar-refractivity contribution in [3.05, 3.63) is 65.2 Å². The van der Waals surface area contributed by atoms with E-state index in [2.05, 4.69) is 5.32 Å². The lowest BCUT2D eigenvalue weighted by Gasteiger charge is -2.30. The molecule has 1 heterocycles. The topological polar surface area (TPSA) is 150 Å². The van der Waals surface area contributed by atoms with E-state index < -0.39 is 47.5 Å². The SMILES string of the molecule is COC(=O)c1ccc2c(CN3C(=O)[C@@H](NC(=O)[C@H](C)N(C)C(=O)OC(C)(C)C)COc4c(C(=O)OC)cccc43)c(OC)ccc2c1. The number of esters is 2. The Bertz CT molecular complexity index is 1710. The van der Waals surface area contributed by atoms with Crippen LogP contribution in [0.25, 0.3) is 10.8 Å². The first-order valence-electron chi connectivity index (χ1n) is 14.8. The van der Waals surface area contributed by atoms with E-state index in [1.807, 2.05) is 0 Å².